The highest BCUT2D eigenvalue weighted by molar-refractivity contribution is 7.98. The maximum atomic E-state index is 11.8. The zero-order valence-electron chi connectivity index (χ0n) is 10.2. The Balaban J connectivity index is 2.56. The molecule has 0 aliphatic heterocycles. The average molecular weight is 274 g/mol. The summed E-state index contributed by atoms with van der Waals surface area (Å²) in [5.74, 6) is 0.398. The summed E-state index contributed by atoms with van der Waals surface area (Å²) in [6.07, 6.45) is 1.92. The van der Waals surface area contributed by atoms with Crippen molar-refractivity contribution in [3.63, 3.8) is 0 Å². The van der Waals surface area contributed by atoms with E-state index < -0.39 is 5.60 Å². The van der Waals surface area contributed by atoms with Gasteiger partial charge in [-0.3, -0.25) is 4.79 Å². The first-order valence-corrected chi connectivity index (χ1v) is 7.42. The minimum absolute atomic E-state index is 0.184. The second kappa shape index (κ2) is 5.75. The third-order valence-corrected chi connectivity index (χ3v) is 4.24. The van der Waals surface area contributed by atoms with Crippen LogP contribution in [0.15, 0.2) is 6.07 Å². The summed E-state index contributed by atoms with van der Waals surface area (Å²) in [5, 5.41) is 12.6. The third-order valence-electron chi connectivity index (χ3n) is 2.27. The molecule has 4 nitrogen and oxygen atoms in total. The number of anilines is 1. The van der Waals surface area contributed by atoms with Gasteiger partial charge >= 0.3 is 0 Å². The molecule has 0 radical (unpaired) electrons. The number of carbonyl (C=O) groups is 1. The molecule has 1 aromatic rings. The van der Waals surface area contributed by atoms with Crippen LogP contribution in [0, 0.1) is 6.92 Å². The van der Waals surface area contributed by atoms with E-state index in [4.69, 9.17) is 5.73 Å². The van der Waals surface area contributed by atoms with Crippen molar-refractivity contribution in [2.24, 2.45) is 0 Å². The summed E-state index contributed by atoms with van der Waals surface area (Å²) < 4.78 is 0. The Morgan fingerprint density at radius 1 is 1.71 bits per heavy atom. The number of hydrogen-bond donors (Lipinski definition) is 3. The van der Waals surface area contributed by atoms with Crippen LogP contribution in [0.1, 0.15) is 21.5 Å². The number of carbonyl (C=O) groups excluding carboxylic acids is 1. The van der Waals surface area contributed by atoms with Gasteiger partial charge in [0, 0.05) is 22.9 Å². The van der Waals surface area contributed by atoms with Crippen LogP contribution in [0.2, 0.25) is 0 Å². The molecule has 1 aromatic heterocycles. The number of thiophene rings is 1. The molecule has 0 aliphatic rings. The highest BCUT2D eigenvalue weighted by atomic mass is 32.2. The van der Waals surface area contributed by atoms with Crippen LogP contribution in [0.3, 0.4) is 0 Å². The lowest BCUT2D eigenvalue weighted by molar-refractivity contribution is 0.0727. The van der Waals surface area contributed by atoms with Gasteiger partial charge < -0.3 is 16.2 Å². The molecule has 0 spiro atoms. The van der Waals surface area contributed by atoms with Gasteiger partial charge in [0.2, 0.25) is 0 Å². The Hall–Kier alpha value is -0.720. The van der Waals surface area contributed by atoms with Crippen molar-refractivity contribution in [2.75, 3.05) is 24.3 Å². The fraction of sp³-hybridized carbons (Fsp3) is 0.545. The number of rotatable bonds is 5. The van der Waals surface area contributed by atoms with Crippen molar-refractivity contribution >= 4 is 34.7 Å². The molecule has 6 heteroatoms. The van der Waals surface area contributed by atoms with Gasteiger partial charge in [0.15, 0.2) is 0 Å². The van der Waals surface area contributed by atoms with E-state index >= 15 is 0 Å². The number of aliphatic hydroxyl groups is 1. The fourth-order valence-corrected chi connectivity index (χ4v) is 2.91. The monoisotopic (exact) mass is 274 g/mol. The smallest absolute Gasteiger partial charge is 0.261 e. The maximum Gasteiger partial charge on any atom is 0.261 e. The predicted molar refractivity (Wildman–Crippen MR) is 74.8 cm³/mol. The van der Waals surface area contributed by atoms with Crippen LogP contribution < -0.4 is 11.1 Å². The molecular weight excluding hydrogens is 256 g/mol. The third kappa shape index (κ3) is 4.22. The highest BCUT2D eigenvalue weighted by Crippen LogP contribution is 2.23. The second-order valence-electron chi connectivity index (χ2n) is 4.23. The first kappa shape index (κ1) is 14.3. The molecular formula is C11H18N2O2S2. The first-order chi connectivity index (χ1) is 7.85. The van der Waals surface area contributed by atoms with Gasteiger partial charge in [-0.05, 0) is 26.2 Å². The summed E-state index contributed by atoms with van der Waals surface area (Å²) in [7, 11) is 0. The molecule has 0 fully saturated rings. The largest absolute Gasteiger partial charge is 0.398 e. The predicted octanol–water partition coefficient (Wildman–Crippen LogP) is 1.48. The minimum Gasteiger partial charge on any atom is -0.398 e. The quantitative estimate of drug-likeness (QED) is 0.760. The van der Waals surface area contributed by atoms with Gasteiger partial charge in [0.25, 0.3) is 5.91 Å². The zero-order valence-corrected chi connectivity index (χ0v) is 11.9. The van der Waals surface area contributed by atoms with Crippen molar-refractivity contribution in [2.45, 2.75) is 19.4 Å². The Bertz CT molecular complexity index is 383. The van der Waals surface area contributed by atoms with Crippen LogP contribution in [0.5, 0.6) is 0 Å². The molecule has 0 saturated heterocycles. The average Bonchev–Trinajstić information content (AvgIpc) is 2.56. The van der Waals surface area contributed by atoms with E-state index in [0.29, 0.717) is 16.3 Å². The van der Waals surface area contributed by atoms with Crippen molar-refractivity contribution in [3.05, 3.63) is 15.8 Å². The molecule has 0 saturated carbocycles. The lowest BCUT2D eigenvalue weighted by Crippen LogP contribution is -2.42. The summed E-state index contributed by atoms with van der Waals surface area (Å²) in [5.41, 5.74) is 5.44. The van der Waals surface area contributed by atoms with Crippen molar-refractivity contribution in [3.8, 4) is 0 Å². The Labute approximate surface area is 110 Å². The molecule has 0 aromatic carbocycles. The van der Waals surface area contributed by atoms with Gasteiger partial charge in [0.05, 0.1) is 10.5 Å². The van der Waals surface area contributed by atoms with Gasteiger partial charge in [-0.1, -0.05) is 0 Å². The van der Waals surface area contributed by atoms with Gasteiger partial charge in [-0.25, -0.2) is 0 Å². The highest BCUT2D eigenvalue weighted by Gasteiger charge is 2.21. The number of aryl methyl sites for hydroxylation is 1. The van der Waals surface area contributed by atoms with E-state index in [0.717, 1.165) is 4.88 Å². The van der Waals surface area contributed by atoms with Gasteiger partial charge in [-0.15, -0.1) is 11.3 Å². The van der Waals surface area contributed by atoms with E-state index in [2.05, 4.69) is 5.32 Å². The molecule has 1 unspecified atom stereocenters. The Kier molecular flexibility index (Phi) is 4.85. The van der Waals surface area contributed by atoms with E-state index in [1.165, 1.54) is 11.3 Å². The van der Waals surface area contributed by atoms with Gasteiger partial charge in [0.1, 0.15) is 0 Å². The number of thioether (sulfide) groups is 1. The maximum absolute atomic E-state index is 11.8. The normalized spacial score (nSPS) is 14.4. The molecule has 1 rings (SSSR count). The van der Waals surface area contributed by atoms with Crippen LogP contribution >= 0.6 is 23.1 Å². The van der Waals surface area contributed by atoms with Crippen molar-refractivity contribution in [1.29, 1.82) is 0 Å². The number of nitrogen functional groups attached to an aromatic ring is 1. The van der Waals surface area contributed by atoms with Crippen LogP contribution in [-0.4, -0.2) is 35.2 Å². The molecule has 0 bridgehead atoms. The zero-order chi connectivity index (χ0) is 13.1. The Morgan fingerprint density at radius 3 is 2.82 bits per heavy atom. The number of amides is 1. The second-order valence-corrected chi connectivity index (χ2v) is 6.36. The minimum atomic E-state index is -0.882. The fourth-order valence-electron chi connectivity index (χ4n) is 1.33. The summed E-state index contributed by atoms with van der Waals surface area (Å²) in [4.78, 5) is 13.3. The van der Waals surface area contributed by atoms with Crippen LogP contribution in [0.25, 0.3) is 0 Å². The van der Waals surface area contributed by atoms with Crippen LogP contribution in [-0.2, 0) is 0 Å². The first-order valence-electron chi connectivity index (χ1n) is 5.21. The number of nitrogens with one attached hydrogen (secondary N) is 1. The molecule has 4 N–H and O–H groups in total. The summed E-state index contributed by atoms with van der Waals surface area (Å²) >= 11 is 2.91. The standard InChI is InChI=1S/C11H18N2O2S2/c1-7-8(12)4-9(17-7)10(14)13-5-11(2,15)6-16-3/h4,15H,5-6,12H2,1-3H3,(H,13,14). The SMILES string of the molecule is CSCC(C)(O)CNC(=O)c1cc(N)c(C)s1. The van der Waals surface area contributed by atoms with Crippen LogP contribution in [0.4, 0.5) is 5.69 Å². The van der Waals surface area contributed by atoms with Crippen molar-refractivity contribution in [1.82, 2.24) is 5.32 Å². The summed E-state index contributed by atoms with van der Waals surface area (Å²) in [6, 6.07) is 1.67. The number of nitrogens with two attached hydrogens (primary N) is 1. The summed E-state index contributed by atoms with van der Waals surface area (Å²) in [6.45, 7) is 3.82. The van der Waals surface area contributed by atoms with E-state index in [-0.39, 0.29) is 12.5 Å². The molecule has 1 atom stereocenters. The topological polar surface area (TPSA) is 75.3 Å². The number of hydrogen-bond acceptors (Lipinski definition) is 5. The lowest BCUT2D eigenvalue weighted by Gasteiger charge is -2.22. The van der Waals surface area contributed by atoms with E-state index in [9.17, 15) is 9.90 Å². The lowest BCUT2D eigenvalue weighted by atomic mass is 10.1. The molecule has 17 heavy (non-hydrogen) atoms. The molecule has 0 aliphatic carbocycles. The molecule has 96 valence electrons. The molecule has 1 amide bonds. The van der Waals surface area contributed by atoms with E-state index in [1.54, 1.807) is 24.8 Å². The van der Waals surface area contributed by atoms with E-state index in [1.807, 2.05) is 13.2 Å². The van der Waals surface area contributed by atoms with Crippen molar-refractivity contribution < 1.29 is 9.90 Å². The Morgan fingerprint density at radius 2 is 2.35 bits per heavy atom. The van der Waals surface area contributed by atoms with Gasteiger partial charge in [-0.2, -0.15) is 11.8 Å². The molecule has 1 heterocycles.